The summed E-state index contributed by atoms with van der Waals surface area (Å²) in [7, 11) is -8.67. The molecule has 0 saturated carbocycles. The molecule has 0 aromatic rings. The Balaban J connectivity index is 4.60. The maximum absolute atomic E-state index is 11.0. The number of hydrogen-bond acceptors (Lipinski definition) is 7. The van der Waals surface area contributed by atoms with E-state index >= 15 is 0 Å². The van der Waals surface area contributed by atoms with Crippen molar-refractivity contribution in [1.82, 2.24) is 0 Å². The van der Waals surface area contributed by atoms with Crippen molar-refractivity contribution in [3.05, 3.63) is 0 Å². The van der Waals surface area contributed by atoms with Crippen LogP contribution in [0.3, 0.4) is 0 Å². The number of rotatable bonds is 6. The number of hydrogen-bond donors (Lipinski definition) is 2. The van der Waals surface area contributed by atoms with Gasteiger partial charge in [-0.1, -0.05) is 0 Å². The topological polar surface area (TPSA) is 118 Å². The summed E-state index contributed by atoms with van der Waals surface area (Å²) < 4.78 is 47.9. The molecular formula is C6H14O7S2. The fraction of sp³-hybridized carbons (Fsp3) is 1.00. The van der Waals surface area contributed by atoms with Gasteiger partial charge in [-0.3, -0.25) is 0 Å². The largest absolute Gasteiger partial charge is 0.392 e. The second-order valence-corrected chi connectivity index (χ2v) is 6.66. The van der Waals surface area contributed by atoms with E-state index in [4.69, 9.17) is 10.2 Å². The first-order valence-electron chi connectivity index (χ1n) is 4.06. The molecule has 0 saturated heterocycles. The normalized spacial score (nSPS) is 17.3. The molecule has 7 nitrogen and oxygen atoms in total. The zero-order chi connectivity index (χ0) is 12.3. The summed E-state index contributed by atoms with van der Waals surface area (Å²) in [6, 6.07) is 0. The van der Waals surface area contributed by atoms with Gasteiger partial charge >= 0.3 is 0 Å². The SMILES string of the molecule is CC(O)CS(=O)(=O)OS(=O)(=O)CC(C)O. The van der Waals surface area contributed by atoms with Gasteiger partial charge in [-0.25, -0.2) is 0 Å². The highest BCUT2D eigenvalue weighted by atomic mass is 32.3. The zero-order valence-electron chi connectivity index (χ0n) is 8.32. The second-order valence-electron chi connectivity index (χ2n) is 3.21. The van der Waals surface area contributed by atoms with E-state index in [-0.39, 0.29) is 0 Å². The van der Waals surface area contributed by atoms with Crippen molar-refractivity contribution < 1.29 is 30.7 Å². The molecule has 0 spiro atoms. The van der Waals surface area contributed by atoms with E-state index in [1.54, 1.807) is 0 Å². The summed E-state index contributed by atoms with van der Waals surface area (Å²) in [5.41, 5.74) is 0. The van der Waals surface area contributed by atoms with Crippen molar-refractivity contribution in [1.29, 1.82) is 0 Å². The van der Waals surface area contributed by atoms with Gasteiger partial charge in [0.2, 0.25) is 0 Å². The third-order valence-corrected chi connectivity index (χ3v) is 4.54. The van der Waals surface area contributed by atoms with Crippen molar-refractivity contribution in [2.45, 2.75) is 26.1 Å². The lowest BCUT2D eigenvalue weighted by Gasteiger charge is -2.08. The van der Waals surface area contributed by atoms with Crippen LogP contribution in [0.25, 0.3) is 0 Å². The molecule has 2 atom stereocenters. The van der Waals surface area contributed by atoms with Gasteiger partial charge in [0.05, 0.1) is 12.2 Å². The molecule has 2 N–H and O–H groups in total. The molecule has 2 unspecified atom stereocenters. The Morgan fingerprint density at radius 3 is 1.40 bits per heavy atom. The van der Waals surface area contributed by atoms with E-state index in [0.717, 1.165) is 0 Å². The summed E-state index contributed by atoms with van der Waals surface area (Å²) >= 11 is 0. The molecule has 15 heavy (non-hydrogen) atoms. The predicted molar refractivity (Wildman–Crippen MR) is 52.0 cm³/mol. The highest BCUT2D eigenvalue weighted by Gasteiger charge is 2.25. The van der Waals surface area contributed by atoms with Crippen molar-refractivity contribution in [2.24, 2.45) is 0 Å². The predicted octanol–water partition coefficient (Wildman–Crippen LogP) is -1.58. The smallest absolute Gasteiger partial charge is 0.284 e. The fourth-order valence-corrected chi connectivity index (χ4v) is 3.69. The molecule has 0 radical (unpaired) electrons. The van der Waals surface area contributed by atoms with E-state index in [1.165, 1.54) is 13.8 Å². The maximum atomic E-state index is 11.0. The monoisotopic (exact) mass is 262 g/mol. The van der Waals surface area contributed by atoms with Gasteiger partial charge in [-0.2, -0.15) is 16.8 Å². The standard InChI is InChI=1S/C6H14O7S2/c1-5(7)3-14(9,10)13-15(11,12)4-6(2)8/h5-8H,3-4H2,1-2H3. The van der Waals surface area contributed by atoms with E-state index in [0.29, 0.717) is 0 Å². The van der Waals surface area contributed by atoms with E-state index < -0.39 is 43.9 Å². The molecule has 0 bridgehead atoms. The van der Waals surface area contributed by atoms with Gasteiger partial charge < -0.3 is 10.2 Å². The first-order valence-corrected chi connectivity index (χ1v) is 7.22. The number of aliphatic hydroxyl groups is 2. The Morgan fingerprint density at radius 1 is 0.933 bits per heavy atom. The van der Waals surface area contributed by atoms with Crippen molar-refractivity contribution >= 4 is 20.2 Å². The quantitative estimate of drug-likeness (QED) is 0.593. The van der Waals surface area contributed by atoms with Crippen molar-refractivity contribution in [3.63, 3.8) is 0 Å². The van der Waals surface area contributed by atoms with Crippen LogP contribution in [0.4, 0.5) is 0 Å². The first-order chi connectivity index (χ1) is 6.54. The van der Waals surface area contributed by atoms with Crippen LogP contribution in [-0.4, -0.2) is 50.8 Å². The van der Waals surface area contributed by atoms with E-state index in [2.05, 4.69) is 3.63 Å². The molecule has 0 heterocycles. The molecule has 9 heteroatoms. The molecule has 92 valence electrons. The average molecular weight is 262 g/mol. The highest BCUT2D eigenvalue weighted by Crippen LogP contribution is 2.05. The van der Waals surface area contributed by atoms with Crippen LogP contribution in [0, 0.1) is 0 Å². The molecule has 0 aromatic carbocycles. The van der Waals surface area contributed by atoms with Crippen LogP contribution in [-0.2, 0) is 23.9 Å². The molecule has 0 aliphatic carbocycles. The molecule has 0 aliphatic heterocycles. The summed E-state index contributed by atoms with van der Waals surface area (Å²) in [6.45, 7) is 2.37. The third kappa shape index (κ3) is 7.68. The van der Waals surface area contributed by atoms with Gasteiger partial charge in [-0.05, 0) is 13.8 Å². The lowest BCUT2D eigenvalue weighted by Crippen LogP contribution is -2.27. The van der Waals surface area contributed by atoms with Crippen molar-refractivity contribution in [3.8, 4) is 0 Å². The Bertz CT molecular complexity index is 340. The molecule has 0 aliphatic rings. The lowest BCUT2D eigenvalue weighted by atomic mass is 10.5. The average Bonchev–Trinajstić information content (AvgIpc) is 1.73. The maximum Gasteiger partial charge on any atom is 0.284 e. The molecule has 0 rings (SSSR count). The summed E-state index contributed by atoms with van der Waals surface area (Å²) in [5.74, 6) is -1.63. The second kappa shape index (κ2) is 5.21. The van der Waals surface area contributed by atoms with Crippen molar-refractivity contribution in [2.75, 3.05) is 11.5 Å². The van der Waals surface area contributed by atoms with E-state index in [9.17, 15) is 16.8 Å². The lowest BCUT2D eigenvalue weighted by molar-refractivity contribution is 0.213. The summed E-state index contributed by atoms with van der Waals surface area (Å²) in [6.07, 6.45) is -2.45. The van der Waals surface area contributed by atoms with Crippen LogP contribution in [0.15, 0.2) is 0 Å². The van der Waals surface area contributed by atoms with Gasteiger partial charge in [-0.15, -0.1) is 3.63 Å². The minimum absolute atomic E-state index is 0.813. The van der Waals surface area contributed by atoms with Crippen LogP contribution in [0.5, 0.6) is 0 Å². The fourth-order valence-electron chi connectivity index (χ4n) is 0.804. The van der Waals surface area contributed by atoms with Gasteiger partial charge in [0.15, 0.2) is 0 Å². The van der Waals surface area contributed by atoms with Gasteiger partial charge in [0, 0.05) is 0 Å². The van der Waals surface area contributed by atoms with Crippen LogP contribution in [0.1, 0.15) is 13.8 Å². The first kappa shape index (κ1) is 14.8. The van der Waals surface area contributed by atoms with Crippen LogP contribution >= 0.6 is 0 Å². The van der Waals surface area contributed by atoms with E-state index in [1.807, 2.05) is 0 Å². The Kier molecular flexibility index (Phi) is 5.14. The molecule has 0 fully saturated rings. The molecule has 0 aromatic heterocycles. The Hall–Kier alpha value is -0.220. The zero-order valence-corrected chi connectivity index (χ0v) is 9.95. The minimum Gasteiger partial charge on any atom is -0.392 e. The van der Waals surface area contributed by atoms with Crippen LogP contribution in [0.2, 0.25) is 0 Å². The molecule has 0 amide bonds. The number of aliphatic hydroxyl groups excluding tert-OH is 2. The third-order valence-electron chi connectivity index (χ3n) is 1.10. The molecular weight excluding hydrogens is 248 g/mol. The van der Waals surface area contributed by atoms with Gasteiger partial charge in [0.25, 0.3) is 20.2 Å². The Morgan fingerprint density at radius 2 is 1.20 bits per heavy atom. The van der Waals surface area contributed by atoms with Crippen LogP contribution < -0.4 is 0 Å². The summed E-state index contributed by atoms with van der Waals surface area (Å²) in [4.78, 5) is 0. The highest BCUT2D eigenvalue weighted by molar-refractivity contribution is 7.99. The Labute approximate surface area is 88.9 Å². The van der Waals surface area contributed by atoms with Gasteiger partial charge in [0.1, 0.15) is 11.5 Å². The minimum atomic E-state index is -4.33. The summed E-state index contributed by atoms with van der Waals surface area (Å²) in [5, 5.41) is 17.5.